The monoisotopic (exact) mass is 1890 g/mol. The van der Waals surface area contributed by atoms with Crippen LogP contribution in [0.4, 0.5) is 0 Å². The van der Waals surface area contributed by atoms with Crippen molar-refractivity contribution in [1.82, 2.24) is 0 Å². The number of hydrogen-bond acceptors (Lipinski definition) is 20. The minimum Gasteiger partial charge on any atom is -0.414 e. The summed E-state index contributed by atoms with van der Waals surface area (Å²) in [5.74, 6) is 0. The molecule has 10 aromatic rings. The lowest BCUT2D eigenvalue weighted by Gasteiger charge is -2.51. The van der Waals surface area contributed by atoms with Crippen LogP contribution in [0.1, 0.15) is 155 Å². The van der Waals surface area contributed by atoms with Crippen LogP contribution in [0, 0.1) is 0 Å². The molecule has 10 aromatic carbocycles. The Morgan fingerprint density at radius 1 is 0.293 bits per heavy atom. The minimum absolute atomic E-state index is 0.00823. The van der Waals surface area contributed by atoms with Gasteiger partial charge in [0.2, 0.25) is 0 Å². The molecule has 4 saturated heterocycles. The molecule has 24 heteroatoms. The lowest BCUT2D eigenvalue weighted by Crippen LogP contribution is -2.66. The molecule has 1 N–H and O–H groups in total. The lowest BCUT2D eigenvalue weighted by molar-refractivity contribution is -0.220. The van der Waals surface area contributed by atoms with E-state index >= 15 is 0 Å². The van der Waals surface area contributed by atoms with E-state index in [1.54, 1.807) is 7.11 Å². The molecule has 133 heavy (non-hydrogen) atoms. The summed E-state index contributed by atoms with van der Waals surface area (Å²) < 4.78 is 132. The van der Waals surface area contributed by atoms with Crippen molar-refractivity contribution >= 4 is 55.8 Å². The summed E-state index contributed by atoms with van der Waals surface area (Å²) in [5, 5.41) is 16.9. The van der Waals surface area contributed by atoms with Gasteiger partial charge < -0.3 is 92.6 Å². The Balaban J connectivity index is 0.000000226. The van der Waals surface area contributed by atoms with E-state index in [1.165, 1.54) is 10.8 Å². The molecule has 0 saturated carbocycles. The zero-order valence-corrected chi connectivity index (χ0v) is 85.2. The average Bonchev–Trinajstić information content (AvgIpc) is 1.68. The number of benzene rings is 10. The maximum absolute atomic E-state index is 12.2. The third kappa shape index (κ3) is 26.8. The standard InChI is InChI=1S/C55H74O10Si2.C54H72O10Si2/c1-39(2)66(40(3)4)62-38-51-53(64-67(65-66,41(5)6)42(7)8)54(56-9)55(63-51)61-37-50(59-34-44-23-15-11-16-24-44)52(60-35-45-25-17-12-18-26-45)49(58-33-43-21-13-10-14-22-43)36-57-32-46-29-30-47-27-19-20-28-48(47)31-46;1-38(2)65(39(3)4)61-37-50-53(63-66(64-65,40(5)6)41(7)8)51(55)54(62-50)60-36-49(58-33-43-22-14-10-15-23-43)52(59-34-44-24-16-11-17-25-44)48(57-32-42-20-12-9-13-21-42)35-56-31-45-28-29-46-26-18-19-27-47(46)30-45/h10-31,39-42,49-55H,32-38H2,1-9H3;9-30,38-41,48-55H,31-37H2,1-8H3/t49?,50?,51-,52?,53?,54+,55-;48?,49?,50-,51+,52?,53?,54-/m11/s1. The van der Waals surface area contributed by atoms with Crippen LogP contribution in [0.25, 0.3) is 21.5 Å². The number of hydrogen-bond donors (Lipinski definition) is 1. The number of aliphatic hydroxyl groups is 1. The van der Waals surface area contributed by atoms with Crippen molar-refractivity contribution in [2.24, 2.45) is 0 Å². The first-order chi connectivity index (χ1) is 64.3. The van der Waals surface area contributed by atoms with E-state index in [9.17, 15) is 5.11 Å². The first-order valence-electron chi connectivity index (χ1n) is 48.1. The van der Waals surface area contributed by atoms with Gasteiger partial charge in [-0.2, -0.15) is 0 Å². The van der Waals surface area contributed by atoms with Gasteiger partial charge in [0, 0.05) is 7.11 Å². The molecule has 4 heterocycles. The van der Waals surface area contributed by atoms with Crippen molar-refractivity contribution in [3.8, 4) is 0 Å². The second kappa shape index (κ2) is 49.9. The predicted molar refractivity (Wildman–Crippen MR) is 531 cm³/mol. The van der Waals surface area contributed by atoms with Crippen LogP contribution in [0.2, 0.25) is 44.3 Å². The van der Waals surface area contributed by atoms with Gasteiger partial charge in [0.25, 0.3) is 0 Å². The second-order valence-electron chi connectivity index (χ2n) is 38.3. The van der Waals surface area contributed by atoms with Gasteiger partial charge in [-0.15, -0.1) is 0 Å². The van der Waals surface area contributed by atoms with Crippen LogP contribution >= 0.6 is 0 Å². The van der Waals surface area contributed by atoms with Crippen LogP contribution in [-0.4, -0.2) is 172 Å². The van der Waals surface area contributed by atoms with Gasteiger partial charge in [-0.05, 0) is 123 Å². The zero-order chi connectivity index (χ0) is 94.1. The van der Waals surface area contributed by atoms with Gasteiger partial charge in [-0.1, -0.05) is 366 Å². The summed E-state index contributed by atoms with van der Waals surface area (Å²) in [6, 6.07) is 90.2. The molecule has 0 amide bonds. The molecular formula is C109H146O20Si4. The van der Waals surface area contributed by atoms with Crippen molar-refractivity contribution in [3.63, 3.8) is 0 Å². The highest BCUT2D eigenvalue weighted by molar-refractivity contribution is 6.84. The Morgan fingerprint density at radius 2 is 0.571 bits per heavy atom. The fourth-order valence-corrected chi connectivity index (χ4v) is 41.3. The minimum atomic E-state index is -3.03. The largest absolute Gasteiger partial charge is 0.414 e. The van der Waals surface area contributed by atoms with E-state index in [2.05, 4.69) is 220 Å². The smallest absolute Gasteiger partial charge is 0.335 e. The molecule has 14 atom stereocenters. The van der Waals surface area contributed by atoms with Gasteiger partial charge in [0.15, 0.2) is 12.6 Å². The number of fused-ring (bicyclic) bond motifs is 4. The van der Waals surface area contributed by atoms with E-state index in [0.29, 0.717) is 52.9 Å². The van der Waals surface area contributed by atoms with E-state index in [4.69, 9.17) is 87.5 Å². The first-order valence-corrected chi connectivity index (χ1v) is 56.0. The van der Waals surface area contributed by atoms with Gasteiger partial charge in [-0.25, -0.2) is 0 Å². The van der Waals surface area contributed by atoms with E-state index in [1.807, 2.05) is 158 Å². The van der Waals surface area contributed by atoms with Crippen molar-refractivity contribution in [3.05, 3.63) is 311 Å². The normalized spacial score (nSPS) is 22.0. The topological polar surface area (TPSA) is 196 Å². The van der Waals surface area contributed by atoms with Crippen LogP contribution in [0.15, 0.2) is 267 Å². The second-order valence-corrected chi connectivity index (χ2v) is 56.0. The molecule has 0 bridgehead atoms. The highest BCUT2D eigenvalue weighted by Gasteiger charge is 2.64. The third-order valence-electron chi connectivity index (χ3n) is 26.3. The number of rotatable bonds is 45. The van der Waals surface area contributed by atoms with Crippen molar-refractivity contribution in [1.29, 1.82) is 0 Å². The highest BCUT2D eigenvalue weighted by atomic mass is 28.5. The first kappa shape index (κ1) is 103. The van der Waals surface area contributed by atoms with Crippen molar-refractivity contribution in [2.75, 3.05) is 46.8 Å². The third-order valence-corrected chi connectivity index (χ3v) is 46.8. The summed E-state index contributed by atoms with van der Waals surface area (Å²) >= 11 is 0. The van der Waals surface area contributed by atoms with Gasteiger partial charge >= 0.3 is 34.2 Å². The molecule has 4 aliphatic heterocycles. The Morgan fingerprint density at radius 3 is 0.895 bits per heavy atom. The zero-order valence-electron chi connectivity index (χ0n) is 81.2. The van der Waals surface area contributed by atoms with Crippen LogP contribution in [-0.2, 0) is 140 Å². The Hall–Kier alpha value is -7.21. The van der Waals surface area contributed by atoms with Crippen molar-refractivity contribution in [2.45, 2.75) is 294 Å². The molecule has 0 aromatic heterocycles. The van der Waals surface area contributed by atoms with E-state index < -0.39 is 120 Å². The number of ether oxygens (including phenoxy) is 13. The number of methoxy groups -OCH3 is 1. The predicted octanol–water partition coefficient (Wildman–Crippen LogP) is 23.0. The summed E-state index contributed by atoms with van der Waals surface area (Å²) in [7, 11) is -9.94. The molecule has 0 aliphatic carbocycles. The molecule has 20 nitrogen and oxygen atoms in total. The summed E-state index contributed by atoms with van der Waals surface area (Å²) in [6.45, 7) is 39.0. The van der Waals surface area contributed by atoms with Gasteiger partial charge in [-0.3, -0.25) is 0 Å². The Labute approximate surface area is 795 Å². The van der Waals surface area contributed by atoms with Crippen molar-refractivity contribution < 1.29 is 92.6 Å². The Bertz CT molecular complexity index is 5000. The average molecular weight is 1890 g/mol. The maximum atomic E-state index is 12.2. The molecule has 0 spiro atoms. The van der Waals surface area contributed by atoms with Crippen LogP contribution < -0.4 is 0 Å². The molecular weight excluding hydrogens is 1740 g/mol. The number of aliphatic hydroxyl groups excluding tert-OH is 1. The van der Waals surface area contributed by atoms with Gasteiger partial charge in [0.05, 0.1) is 92.5 Å². The maximum Gasteiger partial charge on any atom is 0.335 e. The SMILES string of the molecule is CC(C)[Si]1(C(C)C)OC[C@H]2O[C@@H](OCC(OCc3ccccc3)C(OCc3ccccc3)C(COCc3ccc4ccccc4c3)OCc3ccccc3)[C@@H](O)C2O[Si](C(C)C)(C(C)C)O1.CO[C@H]1C2O[Si](C(C)C)(C(C)C)O[Si](C(C)C)(C(C)C)OC[C@H]2O[C@H]1OCC(OCc1ccccc1)C(OCc1ccccc1)C(COCc1ccc2ccccc2c1)OCc1ccccc1. The quantitative estimate of drug-likeness (QED) is 0.0354. The van der Waals surface area contributed by atoms with E-state index in [-0.39, 0.29) is 84.0 Å². The lowest BCUT2D eigenvalue weighted by atomic mass is 10.1. The summed E-state index contributed by atoms with van der Waals surface area (Å²) in [6.07, 6.45) is -9.59. The van der Waals surface area contributed by atoms with Crippen LogP contribution in [0.3, 0.4) is 0 Å². The molecule has 0 radical (unpaired) electrons. The molecule has 8 unspecified atom stereocenters. The Kier molecular flexibility index (Phi) is 38.7. The summed E-state index contributed by atoms with van der Waals surface area (Å²) in [4.78, 5) is 0. The molecule has 718 valence electrons. The molecule has 4 fully saturated rings. The summed E-state index contributed by atoms with van der Waals surface area (Å²) in [5.41, 5.74) is 9.42. The fraction of sp³-hybridized carbons (Fsp3) is 0.486. The van der Waals surface area contributed by atoms with Crippen LogP contribution in [0.5, 0.6) is 0 Å². The molecule has 14 rings (SSSR count). The van der Waals surface area contributed by atoms with Gasteiger partial charge in [0.1, 0.15) is 73.2 Å². The molecule has 4 aliphatic rings. The highest BCUT2D eigenvalue weighted by Crippen LogP contribution is 2.51. The van der Waals surface area contributed by atoms with E-state index in [0.717, 1.165) is 55.3 Å². The fourth-order valence-electron chi connectivity index (χ4n) is 18.9.